The first-order valence-corrected chi connectivity index (χ1v) is 2.22. The maximum atomic E-state index is 2.89. The molecule has 0 amide bonds. The third-order valence-corrected chi connectivity index (χ3v) is 0.993. The summed E-state index contributed by atoms with van der Waals surface area (Å²) in [7, 11) is 0. The van der Waals surface area contributed by atoms with Gasteiger partial charge in [0.25, 0.3) is 0 Å². The van der Waals surface area contributed by atoms with Crippen molar-refractivity contribution in [2.45, 2.75) is 0 Å². The molecule has 0 unspecified atom stereocenters. The molecule has 0 fully saturated rings. The standard InChI is InChI=1S/C3H3NSe/c5-3-1-2-4-3/h1-2H,(H,4,5). The van der Waals surface area contributed by atoms with E-state index in [9.17, 15) is 0 Å². The Hall–Kier alpha value is -0.0705. The van der Waals surface area contributed by atoms with Gasteiger partial charge in [-0.25, -0.2) is 0 Å². The van der Waals surface area contributed by atoms with Gasteiger partial charge >= 0.3 is 37.7 Å². The van der Waals surface area contributed by atoms with Crippen LogP contribution in [0.1, 0.15) is 0 Å². The van der Waals surface area contributed by atoms with Gasteiger partial charge in [0.15, 0.2) is 0 Å². The van der Waals surface area contributed by atoms with E-state index in [2.05, 4.69) is 20.9 Å². The van der Waals surface area contributed by atoms with Gasteiger partial charge in [0.1, 0.15) is 0 Å². The van der Waals surface area contributed by atoms with Crippen LogP contribution in [0.5, 0.6) is 0 Å². The molecule has 0 radical (unpaired) electrons. The van der Waals surface area contributed by atoms with Gasteiger partial charge < -0.3 is 0 Å². The second-order valence-corrected chi connectivity index (χ2v) is 1.76. The predicted molar refractivity (Wildman–Crippen MR) is 23.0 cm³/mol. The molecule has 0 aliphatic carbocycles. The fourth-order valence-electron chi connectivity index (χ4n) is 0.151. The summed E-state index contributed by atoms with van der Waals surface area (Å²) in [5.74, 6) is 0. The van der Waals surface area contributed by atoms with E-state index >= 15 is 0 Å². The zero-order chi connectivity index (χ0) is 3.70. The molecule has 0 aromatic rings. The quantitative estimate of drug-likeness (QED) is 0.434. The van der Waals surface area contributed by atoms with Crippen LogP contribution in [0.15, 0.2) is 12.3 Å². The number of hydrogen-bond donors (Lipinski definition) is 1. The summed E-state index contributed by atoms with van der Waals surface area (Å²) in [5, 5.41) is 2.89. The van der Waals surface area contributed by atoms with Crippen LogP contribution in [0.25, 0.3) is 0 Å². The van der Waals surface area contributed by atoms with Gasteiger partial charge in [-0.15, -0.1) is 0 Å². The van der Waals surface area contributed by atoms with E-state index < -0.39 is 0 Å². The summed E-state index contributed by atoms with van der Waals surface area (Å²) in [6.45, 7) is 0. The monoisotopic (exact) mass is 133 g/mol. The fraction of sp³-hybridized carbons (Fsp3) is 0. The van der Waals surface area contributed by atoms with Crippen molar-refractivity contribution in [3.05, 3.63) is 12.3 Å². The Kier molecular flexibility index (Phi) is 0.601. The molecule has 0 saturated carbocycles. The Morgan fingerprint density at radius 3 is 2.20 bits per heavy atom. The minimum absolute atomic E-state index is 1.13. The van der Waals surface area contributed by atoms with Crippen LogP contribution >= 0.6 is 0 Å². The summed E-state index contributed by atoms with van der Waals surface area (Å²) in [6.07, 6.45) is 3.85. The molecule has 1 rings (SSSR count). The van der Waals surface area contributed by atoms with E-state index in [1.54, 1.807) is 0 Å². The number of nitrogens with one attached hydrogen (secondary N) is 1. The molecule has 0 atom stereocenters. The molecule has 2 heteroatoms. The molecule has 26 valence electrons. The van der Waals surface area contributed by atoms with E-state index in [0.29, 0.717) is 0 Å². The summed E-state index contributed by atoms with van der Waals surface area (Å²) < 4.78 is 1.13. The van der Waals surface area contributed by atoms with E-state index in [-0.39, 0.29) is 0 Å². The van der Waals surface area contributed by atoms with Gasteiger partial charge in [0.05, 0.1) is 0 Å². The van der Waals surface area contributed by atoms with Crippen molar-refractivity contribution in [1.29, 1.82) is 0 Å². The Balaban J connectivity index is 2.71. The van der Waals surface area contributed by atoms with Crippen LogP contribution < -0.4 is 5.32 Å². The summed E-state index contributed by atoms with van der Waals surface area (Å²) in [5.41, 5.74) is 0. The molecule has 0 spiro atoms. The number of hydrogen-bond acceptors (Lipinski definition) is 1. The van der Waals surface area contributed by atoms with Crippen LogP contribution in [0, 0.1) is 0 Å². The van der Waals surface area contributed by atoms with Crippen molar-refractivity contribution in [2.24, 2.45) is 0 Å². The molecule has 1 nitrogen and oxygen atoms in total. The Labute approximate surface area is 38.4 Å². The first kappa shape index (κ1) is 3.13. The molecular formula is C3H3NSe. The summed E-state index contributed by atoms with van der Waals surface area (Å²) in [4.78, 5) is 0. The van der Waals surface area contributed by atoms with Gasteiger partial charge in [-0.2, -0.15) is 0 Å². The molecule has 0 aromatic heterocycles. The summed E-state index contributed by atoms with van der Waals surface area (Å²) >= 11 is 2.80. The van der Waals surface area contributed by atoms with Gasteiger partial charge in [-0.05, 0) is 0 Å². The van der Waals surface area contributed by atoms with Crippen LogP contribution in [-0.2, 0) is 0 Å². The van der Waals surface area contributed by atoms with Crippen molar-refractivity contribution in [1.82, 2.24) is 5.32 Å². The van der Waals surface area contributed by atoms with Crippen molar-refractivity contribution in [2.75, 3.05) is 0 Å². The van der Waals surface area contributed by atoms with Gasteiger partial charge in [0.2, 0.25) is 0 Å². The molecule has 0 bridgehead atoms. The van der Waals surface area contributed by atoms with Crippen molar-refractivity contribution < 1.29 is 0 Å². The normalized spacial score (nSPS) is 17.2. The average Bonchev–Trinajstić information content (AvgIpc) is 1.30. The van der Waals surface area contributed by atoms with E-state index in [0.717, 1.165) is 4.54 Å². The first-order chi connectivity index (χ1) is 2.39. The van der Waals surface area contributed by atoms with Crippen LogP contribution in [0.4, 0.5) is 0 Å². The second kappa shape index (κ2) is 0.959. The molecule has 1 heterocycles. The molecule has 0 aromatic carbocycles. The van der Waals surface area contributed by atoms with Gasteiger partial charge in [-0.1, -0.05) is 0 Å². The van der Waals surface area contributed by atoms with Crippen molar-refractivity contribution >= 4 is 20.1 Å². The Morgan fingerprint density at radius 1 is 1.80 bits per heavy atom. The molecule has 5 heavy (non-hydrogen) atoms. The maximum absolute atomic E-state index is 2.89. The third kappa shape index (κ3) is 0.416. The van der Waals surface area contributed by atoms with E-state index in [4.69, 9.17) is 0 Å². The van der Waals surface area contributed by atoms with Gasteiger partial charge in [-0.3, -0.25) is 0 Å². The number of rotatable bonds is 0. The fourth-order valence-corrected chi connectivity index (χ4v) is 0.437. The summed E-state index contributed by atoms with van der Waals surface area (Å²) in [6, 6.07) is 0. The molecule has 1 aliphatic heterocycles. The van der Waals surface area contributed by atoms with Crippen molar-refractivity contribution in [3.8, 4) is 0 Å². The van der Waals surface area contributed by atoms with E-state index in [1.165, 1.54) is 0 Å². The molecule has 1 N–H and O–H groups in total. The van der Waals surface area contributed by atoms with Crippen molar-refractivity contribution in [3.63, 3.8) is 0 Å². The van der Waals surface area contributed by atoms with Gasteiger partial charge in [0, 0.05) is 0 Å². The topological polar surface area (TPSA) is 12.0 Å². The SMILES string of the molecule is [Se]=C1C=CN1. The molecular weight excluding hydrogens is 129 g/mol. The third-order valence-electron chi connectivity index (χ3n) is 0.460. The Morgan fingerprint density at radius 2 is 2.20 bits per heavy atom. The second-order valence-electron chi connectivity index (χ2n) is 0.842. The van der Waals surface area contributed by atoms with Crippen LogP contribution in [-0.4, -0.2) is 20.1 Å². The predicted octanol–water partition coefficient (Wildman–Crippen LogP) is -0.598. The average molecular weight is 132 g/mol. The minimum atomic E-state index is 1.13. The Bertz CT molecular complexity index is 84.9. The zero-order valence-electron chi connectivity index (χ0n) is 2.56. The van der Waals surface area contributed by atoms with E-state index in [1.807, 2.05) is 12.3 Å². The molecule has 0 saturated heterocycles. The van der Waals surface area contributed by atoms with Crippen LogP contribution in [0.2, 0.25) is 0 Å². The first-order valence-electron chi connectivity index (χ1n) is 1.36. The molecule has 1 aliphatic rings. The van der Waals surface area contributed by atoms with Crippen LogP contribution in [0.3, 0.4) is 0 Å². The zero-order valence-corrected chi connectivity index (χ0v) is 4.28.